The quantitative estimate of drug-likeness (QED) is 0.721. The summed E-state index contributed by atoms with van der Waals surface area (Å²) in [5.41, 5.74) is 1.97. The van der Waals surface area contributed by atoms with Crippen molar-refractivity contribution in [3.63, 3.8) is 0 Å². The Morgan fingerprint density at radius 3 is 2.00 bits per heavy atom. The van der Waals surface area contributed by atoms with Gasteiger partial charge in [-0.1, -0.05) is 13.3 Å². The molecule has 0 unspecified atom stereocenters. The molecular weight excluding hydrogens is 248 g/mol. The van der Waals surface area contributed by atoms with Gasteiger partial charge in [0.05, 0.1) is 0 Å². The van der Waals surface area contributed by atoms with Gasteiger partial charge in [-0.15, -0.1) is 0 Å². The average molecular weight is 276 g/mol. The fourth-order valence-corrected chi connectivity index (χ4v) is 2.34. The molecule has 0 bridgehead atoms. The third-order valence-electron chi connectivity index (χ3n) is 3.69. The fraction of sp³-hybridized carbons (Fsp3) is 0.588. The van der Waals surface area contributed by atoms with Gasteiger partial charge in [0.25, 0.3) is 5.91 Å². The third kappa shape index (κ3) is 4.26. The van der Waals surface area contributed by atoms with Crippen LogP contribution in [0.2, 0.25) is 0 Å². The average Bonchev–Trinajstić information content (AvgIpc) is 2.49. The Bertz CT molecular complexity index is 396. The predicted molar refractivity (Wildman–Crippen MR) is 86.5 cm³/mol. The number of hydrogen-bond donors (Lipinski definition) is 0. The first-order valence-electron chi connectivity index (χ1n) is 7.82. The molecule has 3 nitrogen and oxygen atoms in total. The summed E-state index contributed by atoms with van der Waals surface area (Å²) in [4.78, 5) is 16.6. The highest BCUT2D eigenvalue weighted by Crippen LogP contribution is 2.16. The number of carbonyl (C=O) groups excluding carboxylic acids is 1. The van der Waals surface area contributed by atoms with Gasteiger partial charge in [0.2, 0.25) is 0 Å². The summed E-state index contributed by atoms with van der Waals surface area (Å²) in [6.07, 6.45) is 2.18. The molecular formula is C17H28N2O. The van der Waals surface area contributed by atoms with Crippen LogP contribution in [0.15, 0.2) is 24.3 Å². The molecule has 0 aliphatic heterocycles. The van der Waals surface area contributed by atoms with E-state index in [-0.39, 0.29) is 5.91 Å². The number of hydrogen-bond acceptors (Lipinski definition) is 2. The van der Waals surface area contributed by atoms with Gasteiger partial charge in [0, 0.05) is 37.4 Å². The molecule has 0 heterocycles. The van der Waals surface area contributed by atoms with E-state index in [4.69, 9.17) is 0 Å². The highest BCUT2D eigenvalue weighted by atomic mass is 16.2. The molecule has 0 fully saturated rings. The smallest absolute Gasteiger partial charge is 0.253 e. The van der Waals surface area contributed by atoms with Crippen molar-refractivity contribution in [1.29, 1.82) is 0 Å². The number of amides is 1. The molecule has 1 amide bonds. The van der Waals surface area contributed by atoms with Crippen molar-refractivity contribution in [1.82, 2.24) is 4.90 Å². The van der Waals surface area contributed by atoms with Gasteiger partial charge in [-0.3, -0.25) is 4.79 Å². The summed E-state index contributed by atoms with van der Waals surface area (Å²) < 4.78 is 0. The molecule has 1 aromatic rings. The van der Waals surface area contributed by atoms with E-state index in [9.17, 15) is 4.79 Å². The summed E-state index contributed by atoms with van der Waals surface area (Å²) >= 11 is 0. The third-order valence-corrected chi connectivity index (χ3v) is 3.69. The van der Waals surface area contributed by atoms with Crippen LogP contribution >= 0.6 is 0 Å². The van der Waals surface area contributed by atoms with Crippen molar-refractivity contribution in [2.75, 3.05) is 31.1 Å². The van der Waals surface area contributed by atoms with Gasteiger partial charge < -0.3 is 9.80 Å². The predicted octanol–water partition coefficient (Wildman–Crippen LogP) is 3.80. The van der Waals surface area contributed by atoms with E-state index in [1.54, 1.807) is 0 Å². The van der Waals surface area contributed by atoms with Gasteiger partial charge in [-0.05, 0) is 51.5 Å². The lowest BCUT2D eigenvalue weighted by Gasteiger charge is -2.23. The number of nitrogens with zero attached hydrogens (tertiary/aromatic N) is 2. The normalized spacial score (nSPS) is 10.4. The number of unbranched alkanes of at least 4 members (excludes halogenated alkanes) is 1. The Morgan fingerprint density at radius 2 is 1.55 bits per heavy atom. The molecule has 0 spiro atoms. The maximum absolute atomic E-state index is 12.4. The molecule has 0 N–H and O–H groups in total. The Labute approximate surface area is 123 Å². The number of anilines is 1. The van der Waals surface area contributed by atoms with Crippen LogP contribution < -0.4 is 4.90 Å². The molecule has 0 aromatic heterocycles. The minimum absolute atomic E-state index is 0.145. The van der Waals surface area contributed by atoms with E-state index in [1.165, 1.54) is 5.69 Å². The maximum atomic E-state index is 12.4. The summed E-state index contributed by atoms with van der Waals surface area (Å²) in [5.74, 6) is 0.145. The zero-order valence-electron chi connectivity index (χ0n) is 13.4. The van der Waals surface area contributed by atoms with Gasteiger partial charge >= 0.3 is 0 Å². The van der Waals surface area contributed by atoms with Crippen molar-refractivity contribution in [2.45, 2.75) is 40.5 Å². The Kier molecular flexibility index (Phi) is 7.13. The molecule has 1 aromatic carbocycles. The van der Waals surface area contributed by atoms with Crippen molar-refractivity contribution < 1.29 is 4.79 Å². The standard InChI is InChI=1S/C17H28N2O/c1-5-9-14-19(8-4)17(20)15-10-12-16(13-11-15)18(6-2)7-3/h10-13H,5-9,14H2,1-4H3. The molecule has 0 radical (unpaired) electrons. The lowest BCUT2D eigenvalue weighted by molar-refractivity contribution is 0.0762. The van der Waals surface area contributed by atoms with E-state index >= 15 is 0 Å². The van der Waals surface area contributed by atoms with E-state index in [0.29, 0.717) is 0 Å². The Hall–Kier alpha value is -1.51. The second-order valence-electron chi connectivity index (χ2n) is 4.96. The summed E-state index contributed by atoms with van der Waals surface area (Å²) in [6.45, 7) is 12.1. The lowest BCUT2D eigenvalue weighted by atomic mass is 10.1. The van der Waals surface area contributed by atoms with E-state index in [1.807, 2.05) is 36.1 Å². The number of benzene rings is 1. The van der Waals surface area contributed by atoms with Crippen LogP contribution in [-0.2, 0) is 0 Å². The van der Waals surface area contributed by atoms with E-state index < -0.39 is 0 Å². The number of rotatable bonds is 8. The molecule has 20 heavy (non-hydrogen) atoms. The summed E-state index contributed by atoms with van der Waals surface area (Å²) in [5, 5.41) is 0. The van der Waals surface area contributed by atoms with Crippen LogP contribution in [0.4, 0.5) is 5.69 Å². The molecule has 3 heteroatoms. The summed E-state index contributed by atoms with van der Waals surface area (Å²) in [7, 11) is 0. The van der Waals surface area contributed by atoms with Crippen LogP contribution in [0.5, 0.6) is 0 Å². The van der Waals surface area contributed by atoms with Gasteiger partial charge in [-0.2, -0.15) is 0 Å². The fourth-order valence-electron chi connectivity index (χ4n) is 2.34. The first kappa shape index (κ1) is 16.5. The van der Waals surface area contributed by atoms with Crippen LogP contribution in [0.25, 0.3) is 0 Å². The molecule has 0 saturated carbocycles. The molecule has 112 valence electrons. The second kappa shape index (κ2) is 8.62. The van der Waals surface area contributed by atoms with Gasteiger partial charge in [0.15, 0.2) is 0 Å². The largest absolute Gasteiger partial charge is 0.372 e. The molecule has 1 rings (SSSR count). The van der Waals surface area contributed by atoms with Crippen molar-refractivity contribution in [3.8, 4) is 0 Å². The highest BCUT2D eigenvalue weighted by molar-refractivity contribution is 5.94. The molecule has 0 aliphatic rings. The second-order valence-corrected chi connectivity index (χ2v) is 4.96. The van der Waals surface area contributed by atoms with E-state index in [2.05, 4.69) is 25.7 Å². The Morgan fingerprint density at radius 1 is 0.950 bits per heavy atom. The first-order chi connectivity index (χ1) is 9.67. The van der Waals surface area contributed by atoms with Crippen molar-refractivity contribution in [3.05, 3.63) is 29.8 Å². The first-order valence-corrected chi connectivity index (χ1v) is 7.82. The van der Waals surface area contributed by atoms with Crippen LogP contribution in [0, 0.1) is 0 Å². The molecule has 0 aliphatic carbocycles. The van der Waals surface area contributed by atoms with E-state index in [0.717, 1.165) is 44.6 Å². The number of carbonyl (C=O) groups is 1. The van der Waals surface area contributed by atoms with Crippen LogP contribution in [-0.4, -0.2) is 37.0 Å². The van der Waals surface area contributed by atoms with Crippen LogP contribution in [0.3, 0.4) is 0 Å². The lowest BCUT2D eigenvalue weighted by Crippen LogP contribution is -2.31. The topological polar surface area (TPSA) is 23.6 Å². The van der Waals surface area contributed by atoms with Crippen LogP contribution in [0.1, 0.15) is 50.9 Å². The zero-order chi connectivity index (χ0) is 15.0. The molecule has 0 atom stereocenters. The maximum Gasteiger partial charge on any atom is 0.253 e. The molecule has 0 saturated heterocycles. The SMILES string of the molecule is CCCCN(CC)C(=O)c1ccc(N(CC)CC)cc1. The summed E-state index contributed by atoms with van der Waals surface area (Å²) in [6, 6.07) is 8.00. The minimum Gasteiger partial charge on any atom is -0.372 e. The van der Waals surface area contributed by atoms with Gasteiger partial charge in [0.1, 0.15) is 0 Å². The minimum atomic E-state index is 0.145. The van der Waals surface area contributed by atoms with Crippen molar-refractivity contribution in [2.24, 2.45) is 0 Å². The monoisotopic (exact) mass is 276 g/mol. The van der Waals surface area contributed by atoms with Crippen molar-refractivity contribution >= 4 is 11.6 Å². The Balaban J connectivity index is 2.78. The highest BCUT2D eigenvalue weighted by Gasteiger charge is 2.13. The zero-order valence-corrected chi connectivity index (χ0v) is 13.4. The van der Waals surface area contributed by atoms with Gasteiger partial charge in [-0.25, -0.2) is 0 Å².